The summed E-state index contributed by atoms with van der Waals surface area (Å²) in [5.41, 5.74) is -2.18. The normalized spacial score (nSPS) is 41.6. The molecule has 2 aliphatic carbocycles. The van der Waals surface area contributed by atoms with Crippen molar-refractivity contribution in [1.29, 1.82) is 0 Å². The van der Waals surface area contributed by atoms with Crippen molar-refractivity contribution in [2.24, 2.45) is 23.2 Å². The lowest BCUT2D eigenvalue weighted by atomic mass is 9.71. The second-order valence-corrected chi connectivity index (χ2v) is 7.73. The number of hydrogen-bond donors (Lipinski definition) is 1. The van der Waals surface area contributed by atoms with E-state index in [2.05, 4.69) is 13.8 Å². The highest BCUT2D eigenvalue weighted by Crippen LogP contribution is 2.65. The number of aliphatic hydroxyl groups is 1. The monoisotopic (exact) mass is 310 g/mol. The Bertz CT molecular complexity index is 507. The first-order valence-corrected chi connectivity index (χ1v) is 8.34. The van der Waals surface area contributed by atoms with Gasteiger partial charge in [-0.1, -0.05) is 20.8 Å². The molecular weight excluding hydrogens is 280 g/mol. The number of hydrogen-bond acceptors (Lipinski definition) is 4. The van der Waals surface area contributed by atoms with Gasteiger partial charge in [0.2, 0.25) is 11.5 Å². The Morgan fingerprint density at radius 1 is 1.00 bits per heavy atom. The lowest BCUT2D eigenvalue weighted by Gasteiger charge is -2.38. The summed E-state index contributed by atoms with van der Waals surface area (Å²) < 4.78 is 11.8. The standard InChI is InChI=1S/C18H30O4/c1-9(2)21-14-15(19)18(20)13(7)11(5)12(6)17(18,8)16(14)22-10(3)4/h9-13,20H,1-8H3/t11-,12-,13-,17+,18+/m0/s1. The zero-order valence-electron chi connectivity index (χ0n) is 15.1. The Morgan fingerprint density at radius 2 is 1.50 bits per heavy atom. The van der Waals surface area contributed by atoms with Gasteiger partial charge in [-0.05, 0) is 52.4 Å². The molecule has 1 fully saturated rings. The first-order chi connectivity index (χ1) is 9.99. The number of carbonyl (C=O) groups is 1. The zero-order valence-corrected chi connectivity index (χ0v) is 15.1. The van der Waals surface area contributed by atoms with E-state index in [1.807, 2.05) is 41.5 Å². The van der Waals surface area contributed by atoms with Gasteiger partial charge in [0.25, 0.3) is 0 Å². The van der Waals surface area contributed by atoms with Gasteiger partial charge in [0.05, 0.1) is 17.6 Å². The Labute approximate surface area is 133 Å². The topological polar surface area (TPSA) is 55.8 Å². The van der Waals surface area contributed by atoms with Crippen LogP contribution >= 0.6 is 0 Å². The maximum Gasteiger partial charge on any atom is 0.233 e. The molecule has 4 nitrogen and oxygen atoms in total. The molecule has 126 valence electrons. The predicted octanol–water partition coefficient (Wildman–Crippen LogP) is 3.29. The summed E-state index contributed by atoms with van der Waals surface area (Å²) in [6.45, 7) is 15.7. The summed E-state index contributed by atoms with van der Waals surface area (Å²) in [4.78, 5) is 13.0. The van der Waals surface area contributed by atoms with Crippen molar-refractivity contribution < 1.29 is 19.4 Å². The van der Waals surface area contributed by atoms with Crippen LogP contribution in [0.2, 0.25) is 0 Å². The number of ether oxygens (including phenoxy) is 2. The molecule has 0 radical (unpaired) electrons. The quantitative estimate of drug-likeness (QED) is 0.865. The average molecular weight is 310 g/mol. The van der Waals surface area contributed by atoms with Crippen molar-refractivity contribution in [3.05, 3.63) is 11.5 Å². The van der Waals surface area contributed by atoms with Crippen LogP contribution in [0.15, 0.2) is 11.5 Å². The summed E-state index contributed by atoms with van der Waals surface area (Å²) in [5.74, 6) is 0.651. The molecule has 0 unspecified atom stereocenters. The summed E-state index contributed by atoms with van der Waals surface area (Å²) in [7, 11) is 0. The lowest BCUT2D eigenvalue weighted by molar-refractivity contribution is -0.149. The average Bonchev–Trinajstić information content (AvgIpc) is 2.65. The summed E-state index contributed by atoms with van der Waals surface area (Å²) in [5, 5.41) is 11.4. The van der Waals surface area contributed by atoms with E-state index in [0.717, 1.165) is 0 Å². The van der Waals surface area contributed by atoms with Gasteiger partial charge in [0.1, 0.15) is 5.60 Å². The number of Topliss-reactive ketones (excluding diaryl/α,β-unsaturated/α-hetero) is 1. The Kier molecular flexibility index (Phi) is 4.14. The molecular formula is C18H30O4. The molecule has 1 saturated carbocycles. The van der Waals surface area contributed by atoms with E-state index >= 15 is 0 Å². The van der Waals surface area contributed by atoms with Gasteiger partial charge in [-0.15, -0.1) is 0 Å². The molecule has 0 saturated heterocycles. The zero-order chi connectivity index (χ0) is 17.0. The molecule has 4 heteroatoms. The van der Waals surface area contributed by atoms with Crippen molar-refractivity contribution in [3.8, 4) is 0 Å². The van der Waals surface area contributed by atoms with Crippen LogP contribution < -0.4 is 0 Å². The first kappa shape index (κ1) is 17.3. The van der Waals surface area contributed by atoms with Crippen LogP contribution in [0.3, 0.4) is 0 Å². The predicted molar refractivity (Wildman–Crippen MR) is 85.0 cm³/mol. The van der Waals surface area contributed by atoms with Crippen LogP contribution in [0.25, 0.3) is 0 Å². The van der Waals surface area contributed by atoms with E-state index in [1.165, 1.54) is 0 Å². The second-order valence-electron chi connectivity index (χ2n) is 7.73. The fourth-order valence-corrected chi connectivity index (χ4v) is 4.25. The van der Waals surface area contributed by atoms with Gasteiger partial charge in [0, 0.05) is 0 Å². The molecule has 0 heterocycles. The van der Waals surface area contributed by atoms with E-state index in [0.29, 0.717) is 5.76 Å². The van der Waals surface area contributed by atoms with Gasteiger partial charge in [-0.3, -0.25) is 4.79 Å². The van der Waals surface area contributed by atoms with Crippen LogP contribution in [-0.2, 0) is 14.3 Å². The molecule has 0 spiro atoms. The first-order valence-electron chi connectivity index (χ1n) is 8.34. The minimum atomic E-state index is -1.44. The summed E-state index contributed by atoms with van der Waals surface area (Å²) >= 11 is 0. The molecule has 0 aromatic rings. The fraction of sp³-hybridized carbons (Fsp3) is 0.833. The Morgan fingerprint density at radius 3 is 1.95 bits per heavy atom. The molecule has 0 aromatic carbocycles. The van der Waals surface area contributed by atoms with Crippen molar-refractivity contribution in [2.75, 3.05) is 0 Å². The molecule has 2 rings (SSSR count). The third kappa shape index (κ3) is 1.96. The number of fused-ring (bicyclic) bond motifs is 1. The molecule has 0 aliphatic heterocycles. The highest BCUT2D eigenvalue weighted by molar-refractivity contribution is 6.05. The molecule has 0 bridgehead atoms. The van der Waals surface area contributed by atoms with Gasteiger partial charge < -0.3 is 14.6 Å². The van der Waals surface area contributed by atoms with Crippen LogP contribution in [0, 0.1) is 23.2 Å². The second kappa shape index (κ2) is 5.26. The minimum Gasteiger partial charge on any atom is -0.491 e. The van der Waals surface area contributed by atoms with Crippen molar-refractivity contribution in [3.63, 3.8) is 0 Å². The Hall–Kier alpha value is -1.03. The molecule has 5 atom stereocenters. The van der Waals surface area contributed by atoms with Crippen molar-refractivity contribution in [2.45, 2.75) is 73.2 Å². The molecule has 2 aliphatic rings. The van der Waals surface area contributed by atoms with Crippen LogP contribution in [0.5, 0.6) is 0 Å². The molecule has 22 heavy (non-hydrogen) atoms. The van der Waals surface area contributed by atoms with Gasteiger partial charge >= 0.3 is 0 Å². The minimum absolute atomic E-state index is 0.0776. The third-order valence-corrected chi connectivity index (χ3v) is 5.88. The molecule has 0 aromatic heterocycles. The third-order valence-electron chi connectivity index (χ3n) is 5.88. The van der Waals surface area contributed by atoms with Gasteiger partial charge in [0.15, 0.2) is 5.76 Å². The van der Waals surface area contributed by atoms with Gasteiger partial charge in [-0.2, -0.15) is 0 Å². The number of ketones is 1. The van der Waals surface area contributed by atoms with E-state index in [-0.39, 0.29) is 41.5 Å². The maximum absolute atomic E-state index is 13.0. The highest BCUT2D eigenvalue weighted by atomic mass is 16.5. The smallest absolute Gasteiger partial charge is 0.233 e. The largest absolute Gasteiger partial charge is 0.491 e. The van der Waals surface area contributed by atoms with E-state index in [9.17, 15) is 9.90 Å². The Balaban J connectivity index is 2.64. The summed E-state index contributed by atoms with van der Waals surface area (Å²) in [6.07, 6.45) is -0.218. The molecule has 0 amide bonds. The number of carbonyl (C=O) groups excluding carboxylic acids is 1. The van der Waals surface area contributed by atoms with E-state index in [1.54, 1.807) is 0 Å². The van der Waals surface area contributed by atoms with Crippen molar-refractivity contribution >= 4 is 5.78 Å². The van der Waals surface area contributed by atoms with Crippen LogP contribution in [0.4, 0.5) is 0 Å². The lowest BCUT2D eigenvalue weighted by Crippen LogP contribution is -2.51. The SMILES string of the molecule is CC(C)OC1=C(OC(C)C)[C@@]2(C)[C@@H](C)[C@H](C)[C@H](C)[C@@]2(O)C1=O. The van der Waals surface area contributed by atoms with Crippen molar-refractivity contribution in [1.82, 2.24) is 0 Å². The highest BCUT2D eigenvalue weighted by Gasteiger charge is 2.74. The maximum atomic E-state index is 13.0. The molecule has 1 N–H and O–H groups in total. The van der Waals surface area contributed by atoms with Gasteiger partial charge in [-0.25, -0.2) is 0 Å². The van der Waals surface area contributed by atoms with E-state index < -0.39 is 11.0 Å². The number of rotatable bonds is 4. The van der Waals surface area contributed by atoms with E-state index in [4.69, 9.17) is 9.47 Å². The summed E-state index contributed by atoms with van der Waals surface area (Å²) in [6, 6.07) is 0. The van der Waals surface area contributed by atoms with Crippen LogP contribution in [-0.4, -0.2) is 28.7 Å². The van der Waals surface area contributed by atoms with Crippen LogP contribution in [0.1, 0.15) is 55.4 Å². The fourth-order valence-electron chi connectivity index (χ4n) is 4.25.